The van der Waals surface area contributed by atoms with Crippen LogP contribution in [0, 0.1) is 5.92 Å². The molecule has 1 aromatic carbocycles. The van der Waals surface area contributed by atoms with E-state index < -0.39 is 0 Å². The summed E-state index contributed by atoms with van der Waals surface area (Å²) >= 11 is 0. The van der Waals surface area contributed by atoms with Crippen molar-refractivity contribution in [3.05, 3.63) is 29.3 Å². The molecule has 1 aliphatic rings. The van der Waals surface area contributed by atoms with Gasteiger partial charge in [0.1, 0.15) is 5.75 Å². The van der Waals surface area contributed by atoms with Crippen molar-refractivity contribution >= 4 is 17.5 Å². The van der Waals surface area contributed by atoms with E-state index in [1.165, 1.54) is 5.57 Å². The molecule has 0 fully saturated rings. The minimum atomic E-state index is -0.0466. The Labute approximate surface area is 127 Å². The maximum atomic E-state index is 11.3. The van der Waals surface area contributed by atoms with E-state index in [9.17, 15) is 4.79 Å². The van der Waals surface area contributed by atoms with Crippen LogP contribution in [0.3, 0.4) is 0 Å². The lowest BCUT2D eigenvalue weighted by molar-refractivity contribution is 0.112. The maximum Gasteiger partial charge on any atom is 0.153 e. The molecule has 114 valence electrons. The predicted molar refractivity (Wildman–Crippen MR) is 88.3 cm³/mol. The van der Waals surface area contributed by atoms with Crippen molar-refractivity contribution in [2.45, 2.75) is 40.2 Å². The van der Waals surface area contributed by atoms with Gasteiger partial charge < -0.3 is 9.64 Å². The molecule has 1 aromatic rings. The molecule has 21 heavy (non-hydrogen) atoms. The van der Waals surface area contributed by atoms with Gasteiger partial charge in [-0.3, -0.25) is 4.79 Å². The summed E-state index contributed by atoms with van der Waals surface area (Å²) in [6, 6.07) is 3.94. The quantitative estimate of drug-likeness (QED) is 0.779. The van der Waals surface area contributed by atoms with Crippen molar-refractivity contribution in [3.63, 3.8) is 0 Å². The van der Waals surface area contributed by atoms with Gasteiger partial charge in [-0.2, -0.15) is 0 Å². The van der Waals surface area contributed by atoms with Crippen LogP contribution in [0.2, 0.25) is 0 Å². The molecule has 0 aromatic heterocycles. The van der Waals surface area contributed by atoms with Gasteiger partial charge in [0.05, 0.1) is 18.2 Å². The summed E-state index contributed by atoms with van der Waals surface area (Å²) in [5.74, 6) is 1.20. The van der Waals surface area contributed by atoms with Crippen LogP contribution in [0.25, 0.3) is 5.57 Å². The minimum absolute atomic E-state index is 0.0466. The molecule has 3 heteroatoms. The first kappa shape index (κ1) is 15.6. The summed E-state index contributed by atoms with van der Waals surface area (Å²) < 4.78 is 5.38. The lowest BCUT2D eigenvalue weighted by atomic mass is 9.87. The van der Waals surface area contributed by atoms with Crippen LogP contribution in [0.1, 0.15) is 50.5 Å². The molecule has 0 radical (unpaired) electrons. The number of nitrogens with zero attached hydrogens (tertiary/aromatic N) is 1. The van der Waals surface area contributed by atoms with Crippen molar-refractivity contribution in [2.24, 2.45) is 5.92 Å². The third kappa shape index (κ3) is 2.82. The number of benzene rings is 1. The second-order valence-electron chi connectivity index (χ2n) is 6.71. The van der Waals surface area contributed by atoms with Gasteiger partial charge in [0, 0.05) is 23.9 Å². The molecule has 2 rings (SSSR count). The molecule has 3 nitrogen and oxygen atoms in total. The van der Waals surface area contributed by atoms with Crippen LogP contribution < -0.4 is 9.64 Å². The summed E-state index contributed by atoms with van der Waals surface area (Å²) in [6.07, 6.45) is 3.14. The number of aldehydes is 1. The van der Waals surface area contributed by atoms with Gasteiger partial charge in [0.2, 0.25) is 0 Å². The topological polar surface area (TPSA) is 29.5 Å². The molecular formula is C18H25NO2. The van der Waals surface area contributed by atoms with Gasteiger partial charge in [0.25, 0.3) is 0 Å². The number of allylic oxidation sites excluding steroid dienone is 1. The Morgan fingerprint density at radius 2 is 2.00 bits per heavy atom. The average Bonchev–Trinajstić information content (AvgIpc) is 2.41. The fourth-order valence-corrected chi connectivity index (χ4v) is 3.09. The molecule has 0 saturated heterocycles. The standard InChI is InChI=1S/C18H25NO2/c1-12(2)10-19-16-8-17(21-6)14(11-20)7-15(16)13(3)9-18(19,4)5/h7-9,11-12H,10H2,1-6H3. The Morgan fingerprint density at radius 1 is 1.33 bits per heavy atom. The highest BCUT2D eigenvalue weighted by atomic mass is 16.5. The lowest BCUT2D eigenvalue weighted by Gasteiger charge is -2.44. The first-order valence-corrected chi connectivity index (χ1v) is 7.45. The van der Waals surface area contributed by atoms with Crippen molar-refractivity contribution in [1.29, 1.82) is 0 Å². The highest BCUT2D eigenvalue weighted by Crippen LogP contribution is 2.42. The van der Waals surface area contributed by atoms with Crippen LogP contribution >= 0.6 is 0 Å². The van der Waals surface area contributed by atoms with E-state index in [1.807, 2.05) is 12.1 Å². The SMILES string of the molecule is COc1cc2c(cc1C=O)C(C)=CC(C)(C)N2CC(C)C. The van der Waals surface area contributed by atoms with E-state index in [4.69, 9.17) is 4.74 Å². The van der Waals surface area contributed by atoms with E-state index >= 15 is 0 Å². The van der Waals surface area contributed by atoms with Crippen molar-refractivity contribution in [2.75, 3.05) is 18.6 Å². The molecular weight excluding hydrogens is 262 g/mol. The second kappa shape index (κ2) is 5.55. The Morgan fingerprint density at radius 3 is 2.52 bits per heavy atom. The second-order valence-corrected chi connectivity index (χ2v) is 6.71. The monoisotopic (exact) mass is 287 g/mol. The minimum Gasteiger partial charge on any atom is -0.496 e. The fourth-order valence-electron chi connectivity index (χ4n) is 3.09. The number of hydrogen-bond acceptors (Lipinski definition) is 3. The zero-order valence-corrected chi connectivity index (χ0v) is 13.9. The van der Waals surface area contributed by atoms with Crippen LogP contribution in [0.15, 0.2) is 18.2 Å². The van der Waals surface area contributed by atoms with E-state index in [0.29, 0.717) is 17.2 Å². The van der Waals surface area contributed by atoms with Crippen LogP contribution in [-0.2, 0) is 0 Å². The number of ether oxygens (including phenoxy) is 1. The number of methoxy groups -OCH3 is 1. The summed E-state index contributed by atoms with van der Waals surface area (Å²) in [7, 11) is 1.61. The fraction of sp³-hybridized carbons (Fsp3) is 0.500. The van der Waals surface area contributed by atoms with Gasteiger partial charge in [0.15, 0.2) is 6.29 Å². The number of carbonyl (C=O) groups excluding carboxylic acids is 1. The molecule has 0 saturated carbocycles. The summed E-state index contributed by atoms with van der Waals surface area (Å²) in [5, 5.41) is 0. The highest BCUT2D eigenvalue weighted by molar-refractivity contribution is 5.89. The predicted octanol–water partition coefficient (Wildman–Crippen LogP) is 4.17. The van der Waals surface area contributed by atoms with Crippen LogP contribution in [0.4, 0.5) is 5.69 Å². The molecule has 1 aliphatic heterocycles. The molecule has 0 aliphatic carbocycles. The van der Waals surface area contributed by atoms with Crippen molar-refractivity contribution in [3.8, 4) is 5.75 Å². The van der Waals surface area contributed by atoms with Gasteiger partial charge in [-0.1, -0.05) is 19.9 Å². The van der Waals surface area contributed by atoms with Crippen molar-refractivity contribution in [1.82, 2.24) is 0 Å². The number of fused-ring (bicyclic) bond motifs is 1. The van der Waals surface area contributed by atoms with Crippen LogP contribution in [-0.4, -0.2) is 25.5 Å². The molecule has 0 amide bonds. The van der Waals surface area contributed by atoms with E-state index in [2.05, 4.69) is 45.6 Å². The highest BCUT2D eigenvalue weighted by Gasteiger charge is 2.32. The smallest absolute Gasteiger partial charge is 0.153 e. The van der Waals surface area contributed by atoms with Crippen LogP contribution in [0.5, 0.6) is 5.75 Å². The maximum absolute atomic E-state index is 11.3. The molecule has 0 N–H and O–H groups in total. The molecule has 0 bridgehead atoms. The number of hydrogen-bond donors (Lipinski definition) is 0. The number of anilines is 1. The third-order valence-corrected chi connectivity index (χ3v) is 4.00. The summed E-state index contributed by atoms with van der Waals surface area (Å²) in [6.45, 7) is 12.0. The third-order valence-electron chi connectivity index (χ3n) is 4.00. The summed E-state index contributed by atoms with van der Waals surface area (Å²) in [4.78, 5) is 13.7. The van der Waals surface area contributed by atoms with Gasteiger partial charge in [-0.25, -0.2) is 0 Å². The van der Waals surface area contributed by atoms with E-state index in [1.54, 1.807) is 7.11 Å². The summed E-state index contributed by atoms with van der Waals surface area (Å²) in [5.41, 5.74) is 4.04. The Kier molecular flexibility index (Phi) is 4.13. The average molecular weight is 287 g/mol. The number of rotatable bonds is 4. The van der Waals surface area contributed by atoms with Crippen molar-refractivity contribution < 1.29 is 9.53 Å². The zero-order chi connectivity index (χ0) is 15.8. The molecule has 1 heterocycles. The molecule has 0 atom stereocenters. The Hall–Kier alpha value is -1.77. The Bertz CT molecular complexity index is 585. The normalized spacial score (nSPS) is 16.5. The molecule has 0 unspecified atom stereocenters. The largest absolute Gasteiger partial charge is 0.496 e. The molecule has 0 spiro atoms. The lowest BCUT2D eigenvalue weighted by Crippen LogP contribution is -2.47. The van der Waals surface area contributed by atoms with E-state index in [0.717, 1.165) is 24.1 Å². The first-order chi connectivity index (χ1) is 9.80. The van der Waals surface area contributed by atoms with Gasteiger partial charge in [-0.15, -0.1) is 0 Å². The Balaban J connectivity index is 2.65. The first-order valence-electron chi connectivity index (χ1n) is 7.45. The van der Waals surface area contributed by atoms with Gasteiger partial charge >= 0.3 is 0 Å². The van der Waals surface area contributed by atoms with E-state index in [-0.39, 0.29) is 5.54 Å². The zero-order valence-electron chi connectivity index (χ0n) is 13.9. The number of carbonyl (C=O) groups is 1. The van der Waals surface area contributed by atoms with Gasteiger partial charge in [-0.05, 0) is 38.3 Å².